The highest BCUT2D eigenvalue weighted by Gasteiger charge is 2.22. The molecule has 3 nitrogen and oxygen atoms in total. The molecule has 0 radical (unpaired) electrons. The molecule has 0 saturated carbocycles. The lowest BCUT2D eigenvalue weighted by Crippen LogP contribution is -2.31. The van der Waals surface area contributed by atoms with Crippen molar-refractivity contribution in [2.75, 3.05) is 5.73 Å². The summed E-state index contributed by atoms with van der Waals surface area (Å²) in [6.07, 6.45) is 4.09. The summed E-state index contributed by atoms with van der Waals surface area (Å²) in [7, 11) is 0. The van der Waals surface area contributed by atoms with Crippen molar-refractivity contribution in [2.24, 2.45) is 0 Å². The van der Waals surface area contributed by atoms with Gasteiger partial charge in [0, 0.05) is 11.3 Å². The minimum absolute atomic E-state index is 0. The molecular weight excluding hydrogens is 308 g/mol. The van der Waals surface area contributed by atoms with Gasteiger partial charge in [-0.2, -0.15) is 0 Å². The van der Waals surface area contributed by atoms with Crippen LogP contribution in [0.3, 0.4) is 0 Å². The van der Waals surface area contributed by atoms with Crippen LogP contribution in [0.1, 0.15) is 52.9 Å². The van der Waals surface area contributed by atoms with Gasteiger partial charge in [0.2, 0.25) is 0 Å². The molecule has 1 aliphatic rings. The molecule has 1 aliphatic carbocycles. The first-order valence-electron chi connectivity index (χ1n) is 7.95. The average Bonchev–Trinajstić information content (AvgIpc) is 2.55. The molecule has 1 atom stereocenters. The van der Waals surface area contributed by atoms with E-state index in [1.54, 1.807) is 0 Å². The van der Waals surface area contributed by atoms with Gasteiger partial charge in [-0.05, 0) is 66.6 Å². The zero-order valence-corrected chi connectivity index (χ0v) is 14.2. The molecule has 122 valence electrons. The molecule has 2 aromatic rings. The maximum atomic E-state index is 12.5. The van der Waals surface area contributed by atoms with Crippen molar-refractivity contribution in [1.82, 2.24) is 5.32 Å². The van der Waals surface area contributed by atoms with Gasteiger partial charge in [-0.15, -0.1) is 12.4 Å². The number of carbonyl (C=O) groups excluding carboxylic acids is 1. The number of fused-ring (bicyclic) bond motifs is 1. The Morgan fingerprint density at radius 3 is 2.65 bits per heavy atom. The summed E-state index contributed by atoms with van der Waals surface area (Å²) in [5.74, 6) is -0.00247. The summed E-state index contributed by atoms with van der Waals surface area (Å²) < 4.78 is 0. The van der Waals surface area contributed by atoms with E-state index >= 15 is 0 Å². The van der Waals surface area contributed by atoms with E-state index in [4.69, 9.17) is 5.73 Å². The molecule has 3 rings (SSSR count). The van der Waals surface area contributed by atoms with Crippen molar-refractivity contribution in [1.29, 1.82) is 0 Å². The van der Waals surface area contributed by atoms with Gasteiger partial charge in [0.15, 0.2) is 0 Å². The first kappa shape index (κ1) is 17.4. The highest BCUT2D eigenvalue weighted by molar-refractivity contribution is 5.94. The maximum absolute atomic E-state index is 12.5. The predicted octanol–water partition coefficient (Wildman–Crippen LogP) is 4.06. The molecule has 0 aliphatic heterocycles. The van der Waals surface area contributed by atoms with Crippen LogP contribution in [0, 0.1) is 0 Å². The fourth-order valence-electron chi connectivity index (χ4n) is 3.12. The summed E-state index contributed by atoms with van der Waals surface area (Å²) in [4.78, 5) is 12.5. The quantitative estimate of drug-likeness (QED) is 0.834. The van der Waals surface area contributed by atoms with E-state index < -0.39 is 0 Å². The number of hydrogen-bond donors (Lipinski definition) is 2. The number of anilines is 1. The van der Waals surface area contributed by atoms with Gasteiger partial charge in [-0.25, -0.2) is 0 Å². The van der Waals surface area contributed by atoms with E-state index in [2.05, 4.69) is 18.3 Å². The summed E-state index contributed by atoms with van der Waals surface area (Å²) in [6.45, 7) is 2.11. The SMILES string of the molecule is CCc1ccc(C(=O)NC2CCCc3cc(N)ccc32)cc1.Cl. The Morgan fingerprint density at radius 2 is 1.96 bits per heavy atom. The predicted molar refractivity (Wildman–Crippen MR) is 97.1 cm³/mol. The molecule has 0 spiro atoms. The number of amides is 1. The van der Waals surface area contributed by atoms with Crippen LogP contribution < -0.4 is 11.1 Å². The molecule has 4 heteroatoms. The number of nitrogen functional groups attached to an aromatic ring is 1. The van der Waals surface area contributed by atoms with E-state index in [0.717, 1.165) is 36.9 Å². The second kappa shape index (κ2) is 7.51. The van der Waals surface area contributed by atoms with E-state index in [1.807, 2.05) is 36.4 Å². The molecule has 0 heterocycles. The molecule has 0 fully saturated rings. The fourth-order valence-corrected chi connectivity index (χ4v) is 3.12. The van der Waals surface area contributed by atoms with Crippen LogP contribution in [0.15, 0.2) is 42.5 Å². The van der Waals surface area contributed by atoms with Crippen LogP contribution in [-0.4, -0.2) is 5.91 Å². The fraction of sp³-hybridized carbons (Fsp3) is 0.316. The standard InChI is InChI=1S/C19H22N2O.ClH/c1-2-13-6-8-14(9-7-13)19(22)21-18-5-3-4-15-12-16(20)10-11-17(15)18;/h6-12,18H,2-5,20H2,1H3,(H,21,22);1H. The highest BCUT2D eigenvalue weighted by Crippen LogP contribution is 2.31. The Labute approximate surface area is 143 Å². The summed E-state index contributed by atoms with van der Waals surface area (Å²) in [6, 6.07) is 13.9. The minimum atomic E-state index is -0.00247. The maximum Gasteiger partial charge on any atom is 0.251 e. The average molecular weight is 331 g/mol. The van der Waals surface area contributed by atoms with Crippen LogP contribution in [0.5, 0.6) is 0 Å². The molecule has 0 saturated heterocycles. The smallest absolute Gasteiger partial charge is 0.251 e. The molecule has 0 aromatic heterocycles. The van der Waals surface area contributed by atoms with Gasteiger partial charge in [0.1, 0.15) is 0 Å². The summed E-state index contributed by atoms with van der Waals surface area (Å²) >= 11 is 0. The van der Waals surface area contributed by atoms with E-state index in [0.29, 0.717) is 0 Å². The van der Waals surface area contributed by atoms with Gasteiger partial charge < -0.3 is 11.1 Å². The number of aryl methyl sites for hydroxylation is 2. The van der Waals surface area contributed by atoms with E-state index in [1.165, 1.54) is 16.7 Å². The van der Waals surface area contributed by atoms with Gasteiger partial charge in [-0.1, -0.05) is 25.1 Å². The number of rotatable bonds is 3. The van der Waals surface area contributed by atoms with Gasteiger partial charge in [0.25, 0.3) is 5.91 Å². The lowest BCUT2D eigenvalue weighted by molar-refractivity contribution is 0.0933. The summed E-state index contributed by atoms with van der Waals surface area (Å²) in [5.41, 5.74) is 11.1. The van der Waals surface area contributed by atoms with Crippen LogP contribution in [0.25, 0.3) is 0 Å². The molecule has 0 bridgehead atoms. The molecule has 23 heavy (non-hydrogen) atoms. The number of nitrogens with two attached hydrogens (primary N) is 1. The van der Waals surface area contributed by atoms with Gasteiger partial charge in [-0.3, -0.25) is 4.79 Å². The molecular formula is C19H23ClN2O. The van der Waals surface area contributed by atoms with Crippen LogP contribution >= 0.6 is 12.4 Å². The Balaban J connectivity index is 0.00000192. The number of carbonyl (C=O) groups is 1. The Kier molecular flexibility index (Phi) is 5.67. The van der Waals surface area contributed by atoms with Gasteiger partial charge >= 0.3 is 0 Å². The normalized spacial score (nSPS) is 16.1. The largest absolute Gasteiger partial charge is 0.399 e. The molecule has 1 unspecified atom stereocenters. The van der Waals surface area contributed by atoms with Crippen molar-refractivity contribution >= 4 is 24.0 Å². The van der Waals surface area contributed by atoms with E-state index in [9.17, 15) is 4.79 Å². The summed E-state index contributed by atoms with van der Waals surface area (Å²) in [5, 5.41) is 3.17. The van der Waals surface area contributed by atoms with Crippen LogP contribution in [-0.2, 0) is 12.8 Å². The van der Waals surface area contributed by atoms with Crippen molar-refractivity contribution in [3.8, 4) is 0 Å². The number of benzene rings is 2. The van der Waals surface area contributed by atoms with E-state index in [-0.39, 0.29) is 24.4 Å². The van der Waals surface area contributed by atoms with Gasteiger partial charge in [0.05, 0.1) is 6.04 Å². The lowest BCUT2D eigenvalue weighted by Gasteiger charge is -2.26. The number of hydrogen-bond acceptors (Lipinski definition) is 2. The zero-order chi connectivity index (χ0) is 15.5. The Bertz CT molecular complexity index is 682. The molecule has 3 N–H and O–H groups in total. The van der Waals surface area contributed by atoms with Crippen molar-refractivity contribution in [3.63, 3.8) is 0 Å². The van der Waals surface area contributed by atoms with Crippen LogP contribution in [0.4, 0.5) is 5.69 Å². The highest BCUT2D eigenvalue weighted by atomic mass is 35.5. The zero-order valence-electron chi connectivity index (χ0n) is 13.3. The second-order valence-electron chi connectivity index (χ2n) is 5.93. The lowest BCUT2D eigenvalue weighted by atomic mass is 9.87. The third-order valence-corrected chi connectivity index (χ3v) is 4.41. The topological polar surface area (TPSA) is 55.1 Å². The van der Waals surface area contributed by atoms with Crippen molar-refractivity contribution in [3.05, 3.63) is 64.7 Å². The first-order chi connectivity index (χ1) is 10.7. The second-order valence-corrected chi connectivity index (χ2v) is 5.93. The molecule has 2 aromatic carbocycles. The third kappa shape index (κ3) is 3.85. The first-order valence-corrected chi connectivity index (χ1v) is 7.95. The van der Waals surface area contributed by atoms with Crippen LogP contribution in [0.2, 0.25) is 0 Å². The van der Waals surface area contributed by atoms with Crippen molar-refractivity contribution < 1.29 is 4.79 Å². The molecule has 1 amide bonds. The van der Waals surface area contributed by atoms with Crippen molar-refractivity contribution in [2.45, 2.75) is 38.6 Å². The Hall–Kier alpha value is -2.00. The minimum Gasteiger partial charge on any atom is -0.399 e. The number of nitrogens with one attached hydrogen (secondary N) is 1. The number of halogens is 1. The Morgan fingerprint density at radius 1 is 1.22 bits per heavy atom. The monoisotopic (exact) mass is 330 g/mol. The third-order valence-electron chi connectivity index (χ3n) is 4.41.